The monoisotopic (exact) mass is 185 g/mol. The smallest absolute Gasteiger partial charge is 0.317 e. The predicted molar refractivity (Wildman–Crippen MR) is 52.7 cm³/mol. The van der Waals surface area contributed by atoms with Crippen LogP contribution in [0.2, 0.25) is 0 Å². The summed E-state index contributed by atoms with van der Waals surface area (Å²) in [7, 11) is 2.08. The Morgan fingerprint density at radius 2 is 1.77 bits per heavy atom. The molecule has 1 aliphatic rings. The summed E-state index contributed by atoms with van der Waals surface area (Å²) in [6, 6.07) is 0.301. The first-order valence-electron chi connectivity index (χ1n) is 4.83. The van der Waals surface area contributed by atoms with Crippen molar-refractivity contribution in [2.24, 2.45) is 0 Å². The molecule has 1 rings (SSSR count). The van der Waals surface area contributed by atoms with Crippen LogP contribution in [0.3, 0.4) is 0 Å². The van der Waals surface area contributed by atoms with Gasteiger partial charge in [0.15, 0.2) is 0 Å². The maximum Gasteiger partial charge on any atom is 0.317 e. The maximum absolute atomic E-state index is 11.5. The average Bonchev–Trinajstić information content (AvgIpc) is 2.04. The summed E-state index contributed by atoms with van der Waals surface area (Å²) in [6.07, 6.45) is 0. The minimum Gasteiger partial charge on any atom is -0.336 e. The van der Waals surface area contributed by atoms with E-state index >= 15 is 0 Å². The molecule has 1 aliphatic heterocycles. The number of carbonyl (C=O) groups excluding carboxylic acids is 1. The quantitative estimate of drug-likeness (QED) is 0.640. The van der Waals surface area contributed by atoms with Crippen LogP contribution in [0, 0.1) is 0 Å². The SMILES string of the molecule is CC(C)NC(=O)N1CCN(C)CC1. The second kappa shape index (κ2) is 4.46. The van der Waals surface area contributed by atoms with E-state index in [-0.39, 0.29) is 12.1 Å². The first kappa shape index (κ1) is 10.3. The van der Waals surface area contributed by atoms with Gasteiger partial charge >= 0.3 is 6.03 Å². The number of hydrogen-bond donors (Lipinski definition) is 1. The summed E-state index contributed by atoms with van der Waals surface area (Å²) < 4.78 is 0. The highest BCUT2D eigenvalue weighted by molar-refractivity contribution is 5.74. The van der Waals surface area contributed by atoms with Crippen molar-refractivity contribution in [3.8, 4) is 0 Å². The summed E-state index contributed by atoms with van der Waals surface area (Å²) in [5.41, 5.74) is 0. The Hall–Kier alpha value is -0.770. The second-order valence-electron chi connectivity index (χ2n) is 3.89. The molecule has 1 heterocycles. The highest BCUT2D eigenvalue weighted by Gasteiger charge is 2.18. The van der Waals surface area contributed by atoms with Gasteiger partial charge in [-0.3, -0.25) is 0 Å². The lowest BCUT2D eigenvalue weighted by atomic mass is 10.3. The number of nitrogens with zero attached hydrogens (tertiary/aromatic N) is 2. The molecule has 76 valence electrons. The molecule has 0 aromatic rings. The fourth-order valence-corrected chi connectivity index (χ4v) is 1.35. The Morgan fingerprint density at radius 1 is 1.23 bits per heavy atom. The summed E-state index contributed by atoms with van der Waals surface area (Å²) in [4.78, 5) is 15.6. The van der Waals surface area contributed by atoms with Crippen molar-refractivity contribution in [3.05, 3.63) is 0 Å². The Balaban J connectivity index is 2.31. The van der Waals surface area contributed by atoms with E-state index in [1.165, 1.54) is 0 Å². The molecule has 1 fully saturated rings. The van der Waals surface area contributed by atoms with E-state index in [9.17, 15) is 4.79 Å². The molecule has 0 spiro atoms. The number of piperazine rings is 1. The van der Waals surface area contributed by atoms with Gasteiger partial charge in [-0.1, -0.05) is 0 Å². The van der Waals surface area contributed by atoms with Gasteiger partial charge in [0.1, 0.15) is 0 Å². The third kappa shape index (κ3) is 3.22. The third-order valence-electron chi connectivity index (χ3n) is 2.20. The molecule has 4 heteroatoms. The topological polar surface area (TPSA) is 35.6 Å². The molecule has 4 nitrogen and oxygen atoms in total. The lowest BCUT2D eigenvalue weighted by Crippen LogP contribution is -2.51. The molecule has 0 aliphatic carbocycles. The minimum absolute atomic E-state index is 0.0723. The van der Waals surface area contributed by atoms with Gasteiger partial charge in [0.25, 0.3) is 0 Å². The molecule has 0 aromatic carbocycles. The zero-order chi connectivity index (χ0) is 9.84. The number of nitrogens with one attached hydrogen (secondary N) is 1. The molecule has 0 saturated carbocycles. The minimum atomic E-state index is 0.0723. The van der Waals surface area contributed by atoms with Crippen molar-refractivity contribution in [1.82, 2.24) is 15.1 Å². The highest BCUT2D eigenvalue weighted by Crippen LogP contribution is 1.99. The van der Waals surface area contributed by atoms with E-state index in [4.69, 9.17) is 0 Å². The van der Waals surface area contributed by atoms with E-state index < -0.39 is 0 Å². The zero-order valence-corrected chi connectivity index (χ0v) is 8.71. The van der Waals surface area contributed by atoms with Crippen molar-refractivity contribution in [2.45, 2.75) is 19.9 Å². The first-order valence-corrected chi connectivity index (χ1v) is 4.83. The van der Waals surface area contributed by atoms with Crippen molar-refractivity contribution < 1.29 is 4.79 Å². The summed E-state index contributed by atoms with van der Waals surface area (Å²) in [5, 5.41) is 2.90. The van der Waals surface area contributed by atoms with E-state index in [0.717, 1.165) is 26.2 Å². The Kier molecular flexibility index (Phi) is 3.54. The first-order chi connectivity index (χ1) is 6.09. The maximum atomic E-state index is 11.5. The Morgan fingerprint density at radius 3 is 2.23 bits per heavy atom. The van der Waals surface area contributed by atoms with Crippen molar-refractivity contribution >= 4 is 6.03 Å². The van der Waals surface area contributed by atoms with E-state index in [2.05, 4.69) is 17.3 Å². The number of hydrogen-bond acceptors (Lipinski definition) is 2. The number of carbonyl (C=O) groups is 1. The molecule has 2 amide bonds. The van der Waals surface area contributed by atoms with Crippen LogP contribution in [0.5, 0.6) is 0 Å². The van der Waals surface area contributed by atoms with Gasteiger partial charge in [-0.15, -0.1) is 0 Å². The fraction of sp³-hybridized carbons (Fsp3) is 0.889. The molecule has 13 heavy (non-hydrogen) atoms. The van der Waals surface area contributed by atoms with Crippen LogP contribution < -0.4 is 5.32 Å². The van der Waals surface area contributed by atoms with Gasteiger partial charge < -0.3 is 15.1 Å². The van der Waals surface area contributed by atoms with Gasteiger partial charge in [-0.25, -0.2) is 4.79 Å². The van der Waals surface area contributed by atoms with Crippen LogP contribution in [-0.2, 0) is 0 Å². The van der Waals surface area contributed by atoms with Crippen molar-refractivity contribution in [3.63, 3.8) is 0 Å². The molecule has 0 radical (unpaired) electrons. The zero-order valence-electron chi connectivity index (χ0n) is 8.71. The van der Waals surface area contributed by atoms with Crippen LogP contribution in [0.25, 0.3) is 0 Å². The van der Waals surface area contributed by atoms with E-state index in [1.807, 2.05) is 18.7 Å². The van der Waals surface area contributed by atoms with Gasteiger partial charge in [0.05, 0.1) is 0 Å². The lowest BCUT2D eigenvalue weighted by Gasteiger charge is -2.32. The number of likely N-dealkylation sites (N-methyl/N-ethyl adjacent to an activating group) is 1. The predicted octanol–water partition coefficient (Wildman–Crippen LogP) is 0.352. The standard InChI is InChI=1S/C9H19N3O/c1-8(2)10-9(13)12-6-4-11(3)5-7-12/h8H,4-7H2,1-3H3,(H,10,13). The van der Waals surface area contributed by atoms with E-state index in [1.54, 1.807) is 0 Å². The summed E-state index contributed by atoms with van der Waals surface area (Å²) >= 11 is 0. The molecular formula is C9H19N3O. The van der Waals surface area contributed by atoms with Crippen molar-refractivity contribution in [2.75, 3.05) is 33.2 Å². The average molecular weight is 185 g/mol. The lowest BCUT2D eigenvalue weighted by molar-refractivity contribution is 0.153. The molecular weight excluding hydrogens is 166 g/mol. The van der Waals surface area contributed by atoms with Crippen molar-refractivity contribution in [1.29, 1.82) is 0 Å². The molecule has 0 atom stereocenters. The molecule has 0 aromatic heterocycles. The number of rotatable bonds is 1. The molecule has 0 unspecified atom stereocenters. The Bertz CT molecular complexity index is 174. The van der Waals surface area contributed by atoms with E-state index in [0.29, 0.717) is 0 Å². The highest BCUT2D eigenvalue weighted by atomic mass is 16.2. The fourth-order valence-electron chi connectivity index (χ4n) is 1.35. The normalized spacial score (nSPS) is 19.2. The van der Waals surface area contributed by atoms with Crippen LogP contribution in [-0.4, -0.2) is 55.1 Å². The van der Waals surface area contributed by atoms with Gasteiger partial charge in [0.2, 0.25) is 0 Å². The Labute approximate surface area is 79.9 Å². The second-order valence-corrected chi connectivity index (χ2v) is 3.89. The van der Waals surface area contributed by atoms with Crippen LogP contribution >= 0.6 is 0 Å². The summed E-state index contributed by atoms with van der Waals surface area (Å²) in [5.74, 6) is 0. The van der Waals surface area contributed by atoms with Gasteiger partial charge in [0, 0.05) is 32.2 Å². The molecule has 1 saturated heterocycles. The van der Waals surface area contributed by atoms with Gasteiger partial charge in [-0.05, 0) is 20.9 Å². The molecule has 1 N–H and O–H groups in total. The number of amides is 2. The third-order valence-corrected chi connectivity index (χ3v) is 2.20. The van der Waals surface area contributed by atoms with Crippen LogP contribution in [0.1, 0.15) is 13.8 Å². The largest absolute Gasteiger partial charge is 0.336 e. The summed E-state index contributed by atoms with van der Waals surface area (Å²) in [6.45, 7) is 7.60. The van der Waals surface area contributed by atoms with Crippen LogP contribution in [0.15, 0.2) is 0 Å². The molecule has 0 bridgehead atoms. The van der Waals surface area contributed by atoms with Gasteiger partial charge in [-0.2, -0.15) is 0 Å². The number of urea groups is 1. The van der Waals surface area contributed by atoms with Crippen LogP contribution in [0.4, 0.5) is 4.79 Å².